The Kier molecular flexibility index (Phi) is 5.99. The number of cyclic esters (lactones) is 1. The Hall–Kier alpha value is -1.37. The first-order valence-corrected chi connectivity index (χ1v) is 8.36. The molecule has 5 heteroatoms. The second kappa shape index (κ2) is 7.76. The van der Waals surface area contributed by atoms with E-state index < -0.39 is 5.97 Å². The van der Waals surface area contributed by atoms with E-state index in [1.807, 2.05) is 46.9 Å². The number of hydrogen-bond donors (Lipinski definition) is 0. The van der Waals surface area contributed by atoms with Gasteiger partial charge in [-0.2, -0.15) is 0 Å². The van der Waals surface area contributed by atoms with Gasteiger partial charge in [0.2, 0.25) is 0 Å². The topological polar surface area (TPSA) is 52.6 Å². The molecule has 0 atom stereocenters. The van der Waals surface area contributed by atoms with Crippen molar-refractivity contribution >= 4 is 34.3 Å². The van der Waals surface area contributed by atoms with E-state index in [0.717, 1.165) is 17.7 Å². The number of carbonyl (C=O) groups excluding carboxylic acids is 2. The Balaban J connectivity index is 1.92. The average Bonchev–Trinajstić information content (AvgIpc) is 2.79. The minimum atomic E-state index is -0.511. The van der Waals surface area contributed by atoms with Crippen LogP contribution in [0.2, 0.25) is 0 Å². The number of esters is 1. The number of hydrogen-bond acceptors (Lipinski definition) is 4. The van der Waals surface area contributed by atoms with Crippen LogP contribution in [0.15, 0.2) is 33.4 Å². The van der Waals surface area contributed by atoms with Gasteiger partial charge in [0.05, 0.1) is 6.61 Å². The molecule has 22 heavy (non-hydrogen) atoms. The van der Waals surface area contributed by atoms with Crippen LogP contribution in [-0.2, 0) is 20.7 Å². The second-order valence-corrected chi connectivity index (χ2v) is 6.93. The fourth-order valence-electron chi connectivity index (χ4n) is 2.04. The molecule has 1 aromatic rings. The molecule has 0 saturated carbocycles. The molecule has 0 unspecified atom stereocenters. The van der Waals surface area contributed by atoms with Gasteiger partial charge >= 0.3 is 5.97 Å². The Morgan fingerprint density at radius 3 is 2.55 bits per heavy atom. The fraction of sp³-hybridized carbons (Fsp3) is 0.412. The molecule has 0 saturated heterocycles. The molecule has 0 spiro atoms. The van der Waals surface area contributed by atoms with Gasteiger partial charge in [-0.1, -0.05) is 26.0 Å². The first-order chi connectivity index (χ1) is 10.5. The van der Waals surface area contributed by atoms with Crippen molar-refractivity contribution in [3.8, 4) is 5.75 Å². The highest BCUT2D eigenvalue weighted by Crippen LogP contribution is 2.24. The highest BCUT2D eigenvalue weighted by Gasteiger charge is 2.29. The first-order valence-electron chi connectivity index (χ1n) is 7.28. The molecule has 0 amide bonds. The molecule has 1 aromatic carbocycles. The van der Waals surface area contributed by atoms with Crippen molar-refractivity contribution in [3.63, 3.8) is 0 Å². The minimum Gasteiger partial charge on any atom is -0.494 e. The molecule has 118 valence electrons. The molecule has 0 bridgehead atoms. The quantitative estimate of drug-likeness (QED) is 0.390. The number of rotatable bonds is 7. The maximum absolute atomic E-state index is 12.2. The monoisotopic (exact) mass is 414 g/mol. The molecular weight excluding hydrogens is 395 g/mol. The van der Waals surface area contributed by atoms with Crippen molar-refractivity contribution in [1.29, 1.82) is 0 Å². The zero-order valence-corrected chi connectivity index (χ0v) is 14.9. The Bertz CT molecular complexity index is 587. The van der Waals surface area contributed by atoms with E-state index in [9.17, 15) is 9.59 Å². The molecule has 0 aromatic heterocycles. The largest absolute Gasteiger partial charge is 0.494 e. The molecule has 1 aliphatic rings. The molecule has 1 heterocycles. The van der Waals surface area contributed by atoms with E-state index in [-0.39, 0.29) is 24.4 Å². The fourth-order valence-corrected chi connectivity index (χ4v) is 2.72. The van der Waals surface area contributed by atoms with Crippen LogP contribution in [0.5, 0.6) is 5.75 Å². The molecule has 0 N–H and O–H groups in total. The summed E-state index contributed by atoms with van der Waals surface area (Å²) in [6, 6.07) is 7.43. The third kappa shape index (κ3) is 4.56. The summed E-state index contributed by atoms with van der Waals surface area (Å²) in [6.45, 7) is 5.21. The maximum Gasteiger partial charge on any atom is 0.343 e. The zero-order chi connectivity index (χ0) is 16.1. The molecule has 0 fully saturated rings. The molecular formula is C17H19IO4. The van der Waals surface area contributed by atoms with E-state index in [4.69, 9.17) is 9.47 Å². The lowest BCUT2D eigenvalue weighted by molar-refractivity contribution is -0.137. The van der Waals surface area contributed by atoms with Crippen molar-refractivity contribution in [2.75, 3.05) is 13.2 Å². The second-order valence-electron chi connectivity index (χ2n) is 5.63. The smallest absolute Gasteiger partial charge is 0.343 e. The van der Waals surface area contributed by atoms with Crippen LogP contribution in [-0.4, -0.2) is 25.0 Å². The zero-order valence-electron chi connectivity index (χ0n) is 12.7. The summed E-state index contributed by atoms with van der Waals surface area (Å²) < 4.78 is 11.2. The van der Waals surface area contributed by atoms with Crippen molar-refractivity contribution < 1.29 is 19.1 Å². The molecule has 1 aliphatic heterocycles. The summed E-state index contributed by atoms with van der Waals surface area (Å²) in [5.74, 6) is 0.702. The number of ketones is 1. The normalized spacial score (nSPS) is 14.5. The third-order valence-corrected chi connectivity index (χ3v) is 4.19. The summed E-state index contributed by atoms with van der Waals surface area (Å²) in [5.41, 5.74) is 1.05. The van der Waals surface area contributed by atoms with Crippen LogP contribution in [0.25, 0.3) is 0 Å². The van der Waals surface area contributed by atoms with E-state index in [1.54, 1.807) is 0 Å². The standard InChI is InChI=1S/C17H19IO4/c1-11(2)7-8-21-13-5-3-12(4-6-13)9-15(19)16-14(18)10-22-17(16)20/h3-6,11H,7-10H2,1-2H3. The highest BCUT2D eigenvalue weighted by atomic mass is 127. The Morgan fingerprint density at radius 1 is 1.32 bits per heavy atom. The third-order valence-electron chi connectivity index (χ3n) is 3.34. The molecule has 0 radical (unpaired) electrons. The van der Waals surface area contributed by atoms with Crippen LogP contribution in [0.4, 0.5) is 0 Å². The van der Waals surface area contributed by atoms with Gasteiger partial charge in [0.1, 0.15) is 17.9 Å². The van der Waals surface area contributed by atoms with Crippen LogP contribution >= 0.6 is 22.6 Å². The van der Waals surface area contributed by atoms with Crippen LogP contribution in [0, 0.1) is 5.92 Å². The Labute approximate surface area is 144 Å². The number of halogens is 1. The van der Waals surface area contributed by atoms with Crippen LogP contribution in [0.3, 0.4) is 0 Å². The lowest BCUT2D eigenvalue weighted by Gasteiger charge is -2.08. The van der Waals surface area contributed by atoms with E-state index in [1.165, 1.54) is 0 Å². The van der Waals surface area contributed by atoms with Gasteiger partial charge in [0.25, 0.3) is 0 Å². The van der Waals surface area contributed by atoms with Crippen molar-refractivity contribution in [2.45, 2.75) is 26.7 Å². The van der Waals surface area contributed by atoms with E-state index in [2.05, 4.69) is 13.8 Å². The van der Waals surface area contributed by atoms with E-state index >= 15 is 0 Å². The number of carbonyl (C=O) groups is 2. The Morgan fingerprint density at radius 2 is 2.00 bits per heavy atom. The lowest BCUT2D eigenvalue weighted by atomic mass is 10.0. The van der Waals surface area contributed by atoms with Crippen molar-refractivity contribution in [3.05, 3.63) is 39.0 Å². The van der Waals surface area contributed by atoms with E-state index in [0.29, 0.717) is 16.1 Å². The van der Waals surface area contributed by atoms with Gasteiger partial charge in [-0.3, -0.25) is 4.79 Å². The molecule has 4 nitrogen and oxygen atoms in total. The van der Waals surface area contributed by atoms with Gasteiger partial charge in [-0.05, 0) is 52.6 Å². The van der Waals surface area contributed by atoms with Crippen LogP contribution in [0.1, 0.15) is 25.8 Å². The van der Waals surface area contributed by atoms with Gasteiger partial charge in [0.15, 0.2) is 5.78 Å². The SMILES string of the molecule is CC(C)CCOc1ccc(CC(=O)C2=C(I)COC2=O)cc1. The highest BCUT2D eigenvalue weighted by molar-refractivity contribution is 14.1. The summed E-state index contributed by atoms with van der Waals surface area (Å²) >= 11 is 1.99. The van der Waals surface area contributed by atoms with Gasteiger partial charge in [0, 0.05) is 10.0 Å². The summed E-state index contributed by atoms with van der Waals surface area (Å²) in [7, 11) is 0. The maximum atomic E-state index is 12.2. The van der Waals surface area contributed by atoms with Gasteiger partial charge < -0.3 is 9.47 Å². The average molecular weight is 414 g/mol. The van der Waals surface area contributed by atoms with Crippen molar-refractivity contribution in [2.24, 2.45) is 5.92 Å². The van der Waals surface area contributed by atoms with Crippen molar-refractivity contribution in [1.82, 2.24) is 0 Å². The number of Topliss-reactive ketones (excluding diaryl/α,β-unsaturated/α-hetero) is 1. The lowest BCUT2D eigenvalue weighted by Crippen LogP contribution is -2.13. The summed E-state index contributed by atoms with van der Waals surface area (Å²) in [4.78, 5) is 23.7. The van der Waals surface area contributed by atoms with Gasteiger partial charge in [-0.15, -0.1) is 0 Å². The summed E-state index contributed by atoms with van der Waals surface area (Å²) in [5, 5.41) is 0. The van der Waals surface area contributed by atoms with Crippen LogP contribution < -0.4 is 4.74 Å². The summed E-state index contributed by atoms with van der Waals surface area (Å²) in [6.07, 6.45) is 1.21. The number of benzene rings is 1. The predicted octanol–water partition coefficient (Wildman–Crippen LogP) is 3.47. The molecule has 2 rings (SSSR count). The predicted molar refractivity (Wildman–Crippen MR) is 92.1 cm³/mol. The first kappa shape index (κ1) is 17.0. The van der Waals surface area contributed by atoms with Gasteiger partial charge in [-0.25, -0.2) is 4.79 Å². The number of ether oxygens (including phenoxy) is 2. The minimum absolute atomic E-state index is 0.192. The molecule has 0 aliphatic carbocycles.